The molecule has 0 radical (unpaired) electrons. The number of aliphatic hydroxyl groups is 1. The van der Waals surface area contributed by atoms with Crippen LogP contribution in [0.4, 0.5) is 5.82 Å². The van der Waals surface area contributed by atoms with Crippen molar-refractivity contribution in [2.45, 2.75) is 84.3 Å². The number of carbonyl (C=O) groups is 2. The molecule has 290 valence electrons. The van der Waals surface area contributed by atoms with E-state index in [0.717, 1.165) is 79.3 Å². The molecule has 2 aliphatic heterocycles. The summed E-state index contributed by atoms with van der Waals surface area (Å²) in [5.74, 6) is 0.819. The van der Waals surface area contributed by atoms with Gasteiger partial charge in [-0.25, -0.2) is 0 Å². The molecule has 5 N–H and O–H groups in total. The number of ether oxygens (including phenoxy) is 1. The number of carbonyl (C=O) groups excluding carboxylic acids is 2. The molecule has 13 heteroatoms. The lowest BCUT2D eigenvalue weighted by Gasteiger charge is -2.32. The molecule has 13 nitrogen and oxygen atoms in total. The Hall–Kier alpha value is -5.01. The van der Waals surface area contributed by atoms with Crippen molar-refractivity contribution in [2.75, 3.05) is 51.3 Å². The normalized spacial score (nSPS) is 18.9. The van der Waals surface area contributed by atoms with Crippen molar-refractivity contribution >= 4 is 52.0 Å². The van der Waals surface area contributed by atoms with Crippen LogP contribution in [-0.4, -0.2) is 108 Å². The molecule has 1 saturated carbocycles. The number of amides is 1. The van der Waals surface area contributed by atoms with Crippen LogP contribution in [0.15, 0.2) is 64.4 Å². The Morgan fingerprint density at radius 3 is 2.46 bits per heavy atom. The van der Waals surface area contributed by atoms with E-state index in [1.54, 1.807) is 19.2 Å². The van der Waals surface area contributed by atoms with E-state index in [1.807, 2.05) is 55.3 Å². The SMILES string of the molecule is CC.CC(=O)N1CCC(=NC2CCCCC2)/C(=C(\N)c2cccc3cc(/C(C=NCCOC4CCN(c5ccc(C=O)nn5)CC4)=C/N)ncc23)C1.CO. The van der Waals surface area contributed by atoms with Gasteiger partial charge >= 0.3 is 0 Å². The molecule has 2 saturated heterocycles. The highest BCUT2D eigenvalue weighted by atomic mass is 16.5. The molecular formula is C41H57N9O4. The standard InChI is InChI=1S/C38H47N9O3.C2H6.CH4O/c1-26(49)47-18-14-35(43-29-7-3-2-4-8-29)34(24-47)38(40)32-9-5-6-27-20-36(42-23-33(27)32)28(21-39)22-41-15-19-50-31-12-16-46(17-13-31)37-11-10-30(25-48)44-45-37;2*1-2/h5-6,9-11,20-23,25,29,31H,2-4,7-8,12-19,24,39-40H2,1H3;1-2H3;2H,1H3/b28-21+,38-34-,41-22?,43-35?;;. The van der Waals surface area contributed by atoms with E-state index in [0.29, 0.717) is 67.6 Å². The van der Waals surface area contributed by atoms with Crippen LogP contribution in [0.5, 0.6) is 0 Å². The summed E-state index contributed by atoms with van der Waals surface area (Å²) in [4.78, 5) is 41.7. The number of pyridine rings is 1. The molecule has 4 heterocycles. The van der Waals surface area contributed by atoms with Crippen LogP contribution < -0.4 is 16.4 Å². The number of hydrogen-bond acceptors (Lipinski definition) is 12. The number of aromatic nitrogens is 3. The van der Waals surface area contributed by atoms with E-state index >= 15 is 0 Å². The molecule has 3 fully saturated rings. The van der Waals surface area contributed by atoms with E-state index in [9.17, 15) is 9.59 Å². The van der Waals surface area contributed by atoms with Gasteiger partial charge in [0.2, 0.25) is 5.91 Å². The molecule has 6 rings (SSSR count). The van der Waals surface area contributed by atoms with E-state index in [-0.39, 0.29) is 12.0 Å². The number of aliphatic imine (C=N–C) groups is 2. The Kier molecular flexibility index (Phi) is 16.7. The summed E-state index contributed by atoms with van der Waals surface area (Å²) in [6.07, 6.45) is 14.3. The van der Waals surface area contributed by atoms with E-state index in [4.69, 9.17) is 31.3 Å². The second-order valence-electron chi connectivity index (χ2n) is 13.2. The fourth-order valence-electron chi connectivity index (χ4n) is 7.01. The summed E-state index contributed by atoms with van der Waals surface area (Å²) in [6, 6.07) is 11.9. The highest BCUT2D eigenvalue weighted by molar-refractivity contribution is 6.11. The zero-order valence-corrected chi connectivity index (χ0v) is 32.3. The molecule has 0 atom stereocenters. The van der Waals surface area contributed by atoms with Crippen LogP contribution in [0.3, 0.4) is 0 Å². The molecule has 3 aliphatic rings. The number of anilines is 1. The average Bonchev–Trinajstić information content (AvgIpc) is 3.23. The number of piperidine rings is 2. The third kappa shape index (κ3) is 11.0. The Morgan fingerprint density at radius 2 is 1.80 bits per heavy atom. The first-order chi connectivity index (χ1) is 26.4. The summed E-state index contributed by atoms with van der Waals surface area (Å²) in [5, 5.41) is 17.0. The van der Waals surface area contributed by atoms with Crippen molar-refractivity contribution in [3.05, 3.63) is 71.3 Å². The first kappa shape index (κ1) is 41.7. The molecule has 0 unspecified atom stereocenters. The summed E-state index contributed by atoms with van der Waals surface area (Å²) in [6.45, 7) is 9.36. The highest BCUT2D eigenvalue weighted by Gasteiger charge is 2.26. The topological polar surface area (TPSA) is 186 Å². The number of aldehydes is 1. The summed E-state index contributed by atoms with van der Waals surface area (Å²) in [7, 11) is 1.00. The minimum atomic E-state index is 0.0435. The van der Waals surface area contributed by atoms with Gasteiger partial charge in [-0.1, -0.05) is 51.3 Å². The fourth-order valence-corrected chi connectivity index (χ4v) is 7.01. The Morgan fingerprint density at radius 1 is 1.04 bits per heavy atom. The lowest BCUT2D eigenvalue weighted by Crippen LogP contribution is -2.40. The number of nitrogens with two attached hydrogens (primary N) is 2. The minimum Gasteiger partial charge on any atom is -0.404 e. The van der Waals surface area contributed by atoms with Crippen molar-refractivity contribution in [2.24, 2.45) is 21.5 Å². The third-order valence-corrected chi connectivity index (χ3v) is 9.89. The van der Waals surface area contributed by atoms with Gasteiger partial charge in [0.25, 0.3) is 0 Å². The van der Waals surface area contributed by atoms with Gasteiger partial charge in [-0.3, -0.25) is 24.6 Å². The molecule has 2 aromatic heterocycles. The number of allylic oxidation sites excluding steroid dienone is 1. The minimum absolute atomic E-state index is 0.0435. The van der Waals surface area contributed by atoms with Gasteiger partial charge in [0.1, 0.15) is 5.69 Å². The van der Waals surface area contributed by atoms with Crippen molar-refractivity contribution < 1.29 is 19.4 Å². The van der Waals surface area contributed by atoms with Crippen LogP contribution in [-0.2, 0) is 9.53 Å². The van der Waals surface area contributed by atoms with Crippen molar-refractivity contribution in [1.29, 1.82) is 0 Å². The van der Waals surface area contributed by atoms with Gasteiger partial charge in [-0.2, -0.15) is 0 Å². The maximum atomic E-state index is 12.4. The van der Waals surface area contributed by atoms with E-state index < -0.39 is 0 Å². The first-order valence-corrected chi connectivity index (χ1v) is 19.2. The van der Waals surface area contributed by atoms with Gasteiger partial charge in [-0.05, 0) is 49.3 Å². The van der Waals surface area contributed by atoms with Gasteiger partial charge in [0.05, 0.1) is 31.0 Å². The van der Waals surface area contributed by atoms with Crippen LogP contribution in [0.1, 0.15) is 93.9 Å². The molecule has 3 aromatic rings. The molecule has 1 amide bonds. The number of nitrogens with zero attached hydrogens (tertiary/aromatic N) is 7. The molecule has 1 aliphatic carbocycles. The zero-order chi connectivity index (χ0) is 38.9. The third-order valence-electron chi connectivity index (χ3n) is 9.89. The number of aliphatic hydroxyl groups excluding tert-OH is 1. The predicted octanol–water partition coefficient (Wildman–Crippen LogP) is 5.22. The second kappa shape index (κ2) is 21.6. The predicted molar refractivity (Wildman–Crippen MR) is 218 cm³/mol. The molecular weight excluding hydrogens is 683 g/mol. The van der Waals surface area contributed by atoms with Crippen LogP contribution in [0.2, 0.25) is 0 Å². The maximum absolute atomic E-state index is 12.4. The number of hydrogen-bond donors (Lipinski definition) is 3. The largest absolute Gasteiger partial charge is 0.404 e. The van der Waals surface area contributed by atoms with Crippen LogP contribution in [0, 0.1) is 0 Å². The van der Waals surface area contributed by atoms with E-state index in [2.05, 4.69) is 20.1 Å². The molecule has 1 aromatic carbocycles. The first-order valence-electron chi connectivity index (χ1n) is 19.2. The average molecular weight is 740 g/mol. The summed E-state index contributed by atoms with van der Waals surface area (Å²) < 4.78 is 6.10. The number of likely N-dealkylation sites (tertiary alicyclic amines) is 1. The second-order valence-corrected chi connectivity index (χ2v) is 13.2. The van der Waals surface area contributed by atoms with Gasteiger partial charge in [0, 0.05) is 98.7 Å². The Labute approximate surface area is 319 Å². The van der Waals surface area contributed by atoms with Crippen LogP contribution >= 0.6 is 0 Å². The number of rotatable bonds is 10. The van der Waals surface area contributed by atoms with Crippen molar-refractivity contribution in [3.63, 3.8) is 0 Å². The van der Waals surface area contributed by atoms with E-state index in [1.165, 1.54) is 25.5 Å². The lowest BCUT2D eigenvalue weighted by atomic mass is 9.92. The lowest BCUT2D eigenvalue weighted by molar-refractivity contribution is -0.128. The Bertz CT molecular complexity index is 1790. The quantitative estimate of drug-likeness (QED) is 0.141. The zero-order valence-electron chi connectivity index (χ0n) is 32.3. The monoisotopic (exact) mass is 739 g/mol. The van der Waals surface area contributed by atoms with Crippen molar-refractivity contribution in [1.82, 2.24) is 20.1 Å². The van der Waals surface area contributed by atoms with Crippen molar-refractivity contribution in [3.8, 4) is 0 Å². The molecule has 0 spiro atoms. The number of fused-ring (bicyclic) bond motifs is 1. The Balaban J connectivity index is 0.00000157. The fraction of sp³-hybridized carbons (Fsp3) is 0.488. The highest BCUT2D eigenvalue weighted by Crippen LogP contribution is 2.30. The summed E-state index contributed by atoms with van der Waals surface area (Å²) >= 11 is 0. The van der Waals surface area contributed by atoms with Gasteiger partial charge < -0.3 is 31.1 Å². The maximum Gasteiger partial charge on any atom is 0.219 e. The van der Waals surface area contributed by atoms with Crippen LogP contribution in [0.25, 0.3) is 22.0 Å². The summed E-state index contributed by atoms with van der Waals surface area (Å²) in [5.41, 5.74) is 18.3. The molecule has 54 heavy (non-hydrogen) atoms. The smallest absolute Gasteiger partial charge is 0.219 e. The number of benzene rings is 1. The molecule has 0 bridgehead atoms. The van der Waals surface area contributed by atoms with Gasteiger partial charge in [-0.15, -0.1) is 10.2 Å². The van der Waals surface area contributed by atoms with Gasteiger partial charge in [0.15, 0.2) is 12.1 Å².